The van der Waals surface area contributed by atoms with Gasteiger partial charge in [0.2, 0.25) is 0 Å². The smallest absolute Gasteiger partial charge is 0.323 e. The Labute approximate surface area is 133 Å². The predicted octanol–water partition coefficient (Wildman–Crippen LogP) is 3.04. The van der Waals surface area contributed by atoms with Gasteiger partial charge in [-0.05, 0) is 38.0 Å². The van der Waals surface area contributed by atoms with E-state index >= 15 is 0 Å². The number of carbonyl (C=O) groups is 2. The van der Waals surface area contributed by atoms with Crippen molar-refractivity contribution in [3.05, 3.63) is 33.8 Å². The molecular formula is C14H18Cl2N2O3. The molecule has 5 nitrogen and oxygen atoms in total. The summed E-state index contributed by atoms with van der Waals surface area (Å²) in [6.45, 7) is 3.56. The van der Waals surface area contributed by atoms with Crippen LogP contribution in [0.5, 0.6) is 0 Å². The van der Waals surface area contributed by atoms with Crippen molar-refractivity contribution in [2.24, 2.45) is 0 Å². The van der Waals surface area contributed by atoms with E-state index in [1.165, 1.54) is 4.90 Å². The highest BCUT2D eigenvalue weighted by atomic mass is 35.5. The minimum atomic E-state index is -1.04. The lowest BCUT2D eigenvalue weighted by molar-refractivity contribution is -0.138. The maximum atomic E-state index is 11.9. The monoisotopic (exact) mass is 332 g/mol. The summed E-state index contributed by atoms with van der Waals surface area (Å²) in [5, 5.41) is 12.6. The Balaban J connectivity index is 2.53. The number of hydrogen-bond acceptors (Lipinski definition) is 2. The summed E-state index contributed by atoms with van der Waals surface area (Å²) in [4.78, 5) is 23.9. The average Bonchev–Trinajstić information content (AvgIpc) is 2.37. The van der Waals surface area contributed by atoms with Gasteiger partial charge in [-0.1, -0.05) is 29.3 Å². The van der Waals surface area contributed by atoms with Gasteiger partial charge in [0.25, 0.3) is 0 Å². The van der Waals surface area contributed by atoms with E-state index in [1.54, 1.807) is 32.0 Å². The first-order valence-electron chi connectivity index (χ1n) is 6.51. The standard InChI is InChI=1S/C14H18Cl2N2O3/c1-9(2)18(8-13(19)20)14(21)17-6-5-10-3-4-11(15)7-12(10)16/h3-4,7,9H,5-6,8H2,1-2H3,(H,17,21)(H,19,20). The fraction of sp³-hybridized carbons (Fsp3) is 0.429. The minimum absolute atomic E-state index is 0.194. The fourth-order valence-corrected chi connectivity index (χ4v) is 2.27. The van der Waals surface area contributed by atoms with Crippen LogP contribution < -0.4 is 5.32 Å². The molecule has 2 N–H and O–H groups in total. The van der Waals surface area contributed by atoms with Crippen LogP contribution in [0.1, 0.15) is 19.4 Å². The number of aliphatic carboxylic acids is 1. The lowest BCUT2D eigenvalue weighted by Gasteiger charge is -2.25. The Bertz CT molecular complexity index is 521. The van der Waals surface area contributed by atoms with Crippen LogP contribution in [0, 0.1) is 0 Å². The van der Waals surface area contributed by atoms with Gasteiger partial charge in [0, 0.05) is 22.6 Å². The van der Waals surface area contributed by atoms with Gasteiger partial charge in [-0.2, -0.15) is 0 Å². The molecule has 0 spiro atoms. The van der Waals surface area contributed by atoms with Gasteiger partial charge >= 0.3 is 12.0 Å². The summed E-state index contributed by atoms with van der Waals surface area (Å²) in [6, 6.07) is 4.58. The van der Waals surface area contributed by atoms with E-state index in [2.05, 4.69) is 5.32 Å². The number of carboxylic acids is 1. The molecule has 0 saturated carbocycles. The van der Waals surface area contributed by atoms with Crippen LogP contribution in [0.3, 0.4) is 0 Å². The Kier molecular flexibility index (Phi) is 6.78. The molecule has 2 amide bonds. The molecular weight excluding hydrogens is 315 g/mol. The molecule has 7 heteroatoms. The van der Waals surface area contributed by atoms with Crippen molar-refractivity contribution in [3.63, 3.8) is 0 Å². The quantitative estimate of drug-likeness (QED) is 0.841. The number of urea groups is 1. The van der Waals surface area contributed by atoms with Crippen LogP contribution in [0.2, 0.25) is 10.0 Å². The second kappa shape index (κ2) is 8.10. The van der Waals surface area contributed by atoms with Gasteiger partial charge in [-0.3, -0.25) is 4.79 Å². The number of nitrogens with one attached hydrogen (secondary N) is 1. The second-order valence-electron chi connectivity index (χ2n) is 4.83. The molecule has 1 aromatic carbocycles. The van der Waals surface area contributed by atoms with Gasteiger partial charge in [0.05, 0.1) is 0 Å². The maximum Gasteiger partial charge on any atom is 0.323 e. The average molecular weight is 333 g/mol. The highest BCUT2D eigenvalue weighted by Crippen LogP contribution is 2.21. The highest BCUT2D eigenvalue weighted by Gasteiger charge is 2.19. The Hall–Kier alpha value is -1.46. The zero-order chi connectivity index (χ0) is 16.0. The first-order chi connectivity index (χ1) is 9.81. The summed E-state index contributed by atoms with van der Waals surface area (Å²) >= 11 is 11.9. The fourth-order valence-electron chi connectivity index (χ4n) is 1.76. The van der Waals surface area contributed by atoms with E-state index in [4.69, 9.17) is 28.3 Å². The normalized spacial score (nSPS) is 10.5. The first kappa shape index (κ1) is 17.6. The summed E-state index contributed by atoms with van der Waals surface area (Å²) < 4.78 is 0. The van der Waals surface area contributed by atoms with Crippen molar-refractivity contribution < 1.29 is 14.7 Å². The molecule has 0 fully saturated rings. The number of benzene rings is 1. The van der Waals surface area contributed by atoms with Gasteiger partial charge in [-0.25, -0.2) is 4.79 Å². The van der Waals surface area contributed by atoms with Gasteiger partial charge in [0.1, 0.15) is 6.54 Å². The summed E-state index contributed by atoms with van der Waals surface area (Å²) in [7, 11) is 0. The van der Waals surface area contributed by atoms with Crippen LogP contribution in [0.15, 0.2) is 18.2 Å². The highest BCUT2D eigenvalue weighted by molar-refractivity contribution is 6.35. The molecule has 0 aliphatic carbocycles. The lowest BCUT2D eigenvalue weighted by Crippen LogP contribution is -2.46. The number of amides is 2. The molecule has 116 valence electrons. The summed E-state index contributed by atoms with van der Waals surface area (Å²) in [6.07, 6.45) is 0.542. The predicted molar refractivity (Wildman–Crippen MR) is 83.0 cm³/mol. The van der Waals surface area contributed by atoms with E-state index in [0.29, 0.717) is 23.0 Å². The van der Waals surface area contributed by atoms with Crippen molar-refractivity contribution >= 4 is 35.2 Å². The van der Waals surface area contributed by atoms with Crippen molar-refractivity contribution in [3.8, 4) is 0 Å². The first-order valence-corrected chi connectivity index (χ1v) is 7.27. The third-order valence-electron chi connectivity index (χ3n) is 2.88. The molecule has 0 unspecified atom stereocenters. The van der Waals surface area contributed by atoms with Crippen molar-refractivity contribution in [2.75, 3.05) is 13.1 Å². The van der Waals surface area contributed by atoms with E-state index in [1.807, 2.05) is 0 Å². The number of carboxylic acid groups (broad SMARTS) is 1. The largest absolute Gasteiger partial charge is 0.480 e. The van der Waals surface area contributed by atoms with Gasteiger partial charge in [-0.15, -0.1) is 0 Å². The minimum Gasteiger partial charge on any atom is -0.480 e. The van der Waals surface area contributed by atoms with Crippen LogP contribution >= 0.6 is 23.2 Å². The molecule has 0 aliphatic rings. The van der Waals surface area contributed by atoms with Crippen molar-refractivity contribution in [1.29, 1.82) is 0 Å². The van der Waals surface area contributed by atoms with E-state index in [0.717, 1.165) is 5.56 Å². The number of rotatable bonds is 6. The topological polar surface area (TPSA) is 69.6 Å². The number of hydrogen-bond donors (Lipinski definition) is 2. The van der Waals surface area contributed by atoms with Crippen molar-refractivity contribution in [1.82, 2.24) is 10.2 Å². The number of nitrogens with zero attached hydrogens (tertiary/aromatic N) is 1. The molecule has 1 rings (SSSR count). The zero-order valence-electron chi connectivity index (χ0n) is 11.9. The van der Waals surface area contributed by atoms with E-state index in [-0.39, 0.29) is 12.6 Å². The molecule has 21 heavy (non-hydrogen) atoms. The molecule has 0 atom stereocenters. The Morgan fingerprint density at radius 1 is 1.33 bits per heavy atom. The van der Waals surface area contributed by atoms with E-state index < -0.39 is 12.0 Å². The second-order valence-corrected chi connectivity index (χ2v) is 5.68. The Morgan fingerprint density at radius 3 is 2.52 bits per heavy atom. The number of halogens is 2. The lowest BCUT2D eigenvalue weighted by atomic mass is 10.1. The SMILES string of the molecule is CC(C)N(CC(=O)O)C(=O)NCCc1ccc(Cl)cc1Cl. The van der Waals surface area contributed by atoms with Gasteiger partial charge in [0.15, 0.2) is 0 Å². The third kappa shape index (κ3) is 5.81. The third-order valence-corrected chi connectivity index (χ3v) is 3.46. The zero-order valence-corrected chi connectivity index (χ0v) is 13.4. The maximum absolute atomic E-state index is 11.9. The van der Waals surface area contributed by atoms with Crippen molar-refractivity contribution in [2.45, 2.75) is 26.3 Å². The molecule has 0 bridgehead atoms. The summed E-state index contributed by atoms with van der Waals surface area (Å²) in [5.74, 6) is -1.04. The molecule has 0 aliphatic heterocycles. The molecule has 0 aromatic heterocycles. The molecule has 0 saturated heterocycles. The van der Waals surface area contributed by atoms with Crippen LogP contribution in [-0.4, -0.2) is 41.1 Å². The summed E-state index contributed by atoms with van der Waals surface area (Å²) in [5.41, 5.74) is 0.871. The Morgan fingerprint density at radius 2 is 2.00 bits per heavy atom. The van der Waals surface area contributed by atoms with Gasteiger partial charge < -0.3 is 15.3 Å². The van der Waals surface area contributed by atoms with Crippen LogP contribution in [-0.2, 0) is 11.2 Å². The molecule has 1 aromatic rings. The molecule has 0 heterocycles. The molecule has 0 radical (unpaired) electrons. The van der Waals surface area contributed by atoms with E-state index in [9.17, 15) is 9.59 Å². The van der Waals surface area contributed by atoms with Crippen LogP contribution in [0.25, 0.3) is 0 Å². The number of carbonyl (C=O) groups excluding carboxylic acids is 1. The van der Waals surface area contributed by atoms with Crippen LogP contribution in [0.4, 0.5) is 4.79 Å².